The summed E-state index contributed by atoms with van der Waals surface area (Å²) in [7, 11) is 0. The van der Waals surface area contributed by atoms with E-state index in [2.05, 4.69) is 9.97 Å². The topological polar surface area (TPSA) is 61.0 Å². The second-order valence-corrected chi connectivity index (χ2v) is 4.52. The Balaban J connectivity index is 1.80. The van der Waals surface area contributed by atoms with Gasteiger partial charge in [0.15, 0.2) is 5.82 Å². The Kier molecular flexibility index (Phi) is 3.72. The summed E-state index contributed by atoms with van der Waals surface area (Å²) in [6.45, 7) is 3.22. The highest BCUT2D eigenvalue weighted by Crippen LogP contribution is 2.24. The first-order chi connectivity index (χ1) is 7.74. The molecule has 16 heavy (non-hydrogen) atoms. The van der Waals surface area contributed by atoms with Crippen LogP contribution in [0, 0.1) is 12.8 Å². The van der Waals surface area contributed by atoms with Gasteiger partial charge in [-0.3, -0.25) is 0 Å². The molecule has 1 heterocycles. The number of ether oxygens (including phenoxy) is 1. The quantitative estimate of drug-likeness (QED) is 0.845. The number of hydrogen-bond acceptors (Lipinski definition) is 4. The van der Waals surface area contributed by atoms with Crippen LogP contribution in [0.3, 0.4) is 0 Å². The van der Waals surface area contributed by atoms with E-state index in [-0.39, 0.29) is 0 Å². The zero-order chi connectivity index (χ0) is 11.4. The van der Waals surface area contributed by atoms with Crippen molar-refractivity contribution in [3.63, 3.8) is 0 Å². The van der Waals surface area contributed by atoms with E-state index in [0.717, 1.165) is 18.2 Å². The number of rotatable bonds is 4. The molecule has 0 radical (unpaired) electrons. The Morgan fingerprint density at radius 2 is 2.12 bits per heavy atom. The van der Waals surface area contributed by atoms with Crippen LogP contribution in [0.15, 0.2) is 6.07 Å². The molecule has 0 unspecified atom stereocenters. The molecule has 0 spiro atoms. The van der Waals surface area contributed by atoms with Crippen molar-refractivity contribution in [3.8, 4) is 0 Å². The molecule has 88 valence electrons. The van der Waals surface area contributed by atoms with Crippen LogP contribution in [-0.2, 0) is 11.3 Å². The van der Waals surface area contributed by atoms with Crippen LogP contribution in [0.1, 0.15) is 37.2 Å². The average Bonchev–Trinajstić information content (AvgIpc) is 2.69. The number of nitrogens with zero attached hydrogens (tertiary/aromatic N) is 2. The number of aryl methyl sites for hydroxylation is 1. The lowest BCUT2D eigenvalue weighted by molar-refractivity contribution is 0.0843. The summed E-state index contributed by atoms with van der Waals surface area (Å²) in [5.41, 5.74) is 6.54. The molecule has 1 saturated carbocycles. The van der Waals surface area contributed by atoms with Gasteiger partial charge in [-0.25, -0.2) is 9.97 Å². The second kappa shape index (κ2) is 5.25. The van der Waals surface area contributed by atoms with E-state index in [1.165, 1.54) is 25.7 Å². The summed E-state index contributed by atoms with van der Waals surface area (Å²) in [6.07, 6.45) is 5.30. The monoisotopic (exact) mass is 221 g/mol. The highest BCUT2D eigenvalue weighted by atomic mass is 16.5. The SMILES string of the molecule is Cc1cc(N)nc(COCC2CCCC2)n1. The normalized spacial score (nSPS) is 16.8. The summed E-state index contributed by atoms with van der Waals surface area (Å²) in [6, 6.07) is 1.76. The summed E-state index contributed by atoms with van der Waals surface area (Å²) >= 11 is 0. The van der Waals surface area contributed by atoms with Crippen molar-refractivity contribution < 1.29 is 4.74 Å². The third-order valence-electron chi connectivity index (χ3n) is 2.98. The summed E-state index contributed by atoms with van der Waals surface area (Å²) in [4.78, 5) is 8.42. The smallest absolute Gasteiger partial charge is 0.156 e. The molecular formula is C12H19N3O. The van der Waals surface area contributed by atoms with Gasteiger partial charge < -0.3 is 10.5 Å². The Labute approximate surface area is 96.2 Å². The van der Waals surface area contributed by atoms with Gasteiger partial charge in [0.2, 0.25) is 0 Å². The van der Waals surface area contributed by atoms with Crippen molar-refractivity contribution in [3.05, 3.63) is 17.6 Å². The Bertz CT molecular complexity index is 328. The average molecular weight is 221 g/mol. The molecule has 0 amide bonds. The van der Waals surface area contributed by atoms with E-state index in [1.54, 1.807) is 6.07 Å². The fourth-order valence-electron chi connectivity index (χ4n) is 2.21. The van der Waals surface area contributed by atoms with Gasteiger partial charge in [0.1, 0.15) is 12.4 Å². The van der Waals surface area contributed by atoms with Gasteiger partial charge >= 0.3 is 0 Å². The van der Waals surface area contributed by atoms with E-state index in [0.29, 0.717) is 18.2 Å². The number of anilines is 1. The number of nitrogen functional groups attached to an aromatic ring is 1. The predicted octanol–water partition coefficient (Wildman–Crippen LogP) is 2.07. The molecule has 1 fully saturated rings. The molecule has 0 aromatic carbocycles. The maximum Gasteiger partial charge on any atom is 0.156 e. The van der Waals surface area contributed by atoms with E-state index in [9.17, 15) is 0 Å². The minimum Gasteiger partial charge on any atom is -0.384 e. The molecule has 2 N–H and O–H groups in total. The zero-order valence-electron chi connectivity index (χ0n) is 9.78. The number of hydrogen-bond donors (Lipinski definition) is 1. The van der Waals surface area contributed by atoms with Crippen molar-refractivity contribution >= 4 is 5.82 Å². The van der Waals surface area contributed by atoms with Crippen molar-refractivity contribution in [2.45, 2.75) is 39.2 Å². The molecule has 1 aromatic heterocycles. The van der Waals surface area contributed by atoms with E-state index in [4.69, 9.17) is 10.5 Å². The van der Waals surface area contributed by atoms with Crippen molar-refractivity contribution in [2.75, 3.05) is 12.3 Å². The minimum atomic E-state index is 0.475. The number of nitrogens with two attached hydrogens (primary N) is 1. The summed E-state index contributed by atoms with van der Waals surface area (Å²) < 4.78 is 5.63. The first-order valence-electron chi connectivity index (χ1n) is 5.92. The maximum atomic E-state index is 5.65. The Hall–Kier alpha value is -1.16. The molecule has 4 heteroatoms. The molecular weight excluding hydrogens is 202 g/mol. The molecule has 1 aliphatic carbocycles. The second-order valence-electron chi connectivity index (χ2n) is 4.52. The van der Waals surface area contributed by atoms with Gasteiger partial charge in [0, 0.05) is 18.4 Å². The van der Waals surface area contributed by atoms with Gasteiger partial charge in [-0.2, -0.15) is 0 Å². The molecule has 1 aliphatic rings. The zero-order valence-corrected chi connectivity index (χ0v) is 9.78. The maximum absolute atomic E-state index is 5.65. The van der Waals surface area contributed by atoms with Crippen LogP contribution >= 0.6 is 0 Å². The third-order valence-corrected chi connectivity index (χ3v) is 2.98. The lowest BCUT2D eigenvalue weighted by Gasteiger charge is -2.09. The highest BCUT2D eigenvalue weighted by Gasteiger charge is 2.15. The van der Waals surface area contributed by atoms with Crippen LogP contribution in [-0.4, -0.2) is 16.6 Å². The molecule has 4 nitrogen and oxygen atoms in total. The Morgan fingerprint density at radius 3 is 2.81 bits per heavy atom. The van der Waals surface area contributed by atoms with Crippen LogP contribution in [0.5, 0.6) is 0 Å². The molecule has 2 rings (SSSR count). The standard InChI is InChI=1S/C12H19N3O/c1-9-6-11(13)15-12(14-9)8-16-7-10-4-2-3-5-10/h6,10H,2-5,7-8H2,1H3,(H2,13,14,15). The van der Waals surface area contributed by atoms with Crippen molar-refractivity contribution in [2.24, 2.45) is 5.92 Å². The molecule has 0 aliphatic heterocycles. The van der Waals surface area contributed by atoms with Gasteiger partial charge in [-0.1, -0.05) is 12.8 Å². The Morgan fingerprint density at radius 1 is 1.38 bits per heavy atom. The summed E-state index contributed by atoms with van der Waals surface area (Å²) in [5, 5.41) is 0. The van der Waals surface area contributed by atoms with Crippen LogP contribution in [0.25, 0.3) is 0 Å². The molecule has 0 atom stereocenters. The van der Waals surface area contributed by atoms with Crippen molar-refractivity contribution in [1.29, 1.82) is 0 Å². The van der Waals surface area contributed by atoms with Crippen LogP contribution in [0.4, 0.5) is 5.82 Å². The van der Waals surface area contributed by atoms with E-state index >= 15 is 0 Å². The predicted molar refractivity (Wildman–Crippen MR) is 62.8 cm³/mol. The molecule has 0 saturated heterocycles. The van der Waals surface area contributed by atoms with Gasteiger partial charge in [-0.05, 0) is 25.7 Å². The summed E-state index contributed by atoms with van der Waals surface area (Å²) in [5.74, 6) is 1.95. The van der Waals surface area contributed by atoms with E-state index in [1.807, 2.05) is 6.92 Å². The lowest BCUT2D eigenvalue weighted by Crippen LogP contribution is -2.08. The molecule has 0 bridgehead atoms. The van der Waals surface area contributed by atoms with E-state index < -0.39 is 0 Å². The van der Waals surface area contributed by atoms with Crippen molar-refractivity contribution in [1.82, 2.24) is 9.97 Å². The minimum absolute atomic E-state index is 0.475. The first-order valence-corrected chi connectivity index (χ1v) is 5.92. The van der Waals surface area contributed by atoms with Gasteiger partial charge in [0.25, 0.3) is 0 Å². The first kappa shape index (κ1) is 11.3. The fraction of sp³-hybridized carbons (Fsp3) is 0.667. The van der Waals surface area contributed by atoms with Gasteiger partial charge in [0.05, 0.1) is 0 Å². The fourth-order valence-corrected chi connectivity index (χ4v) is 2.21. The largest absolute Gasteiger partial charge is 0.384 e. The highest BCUT2D eigenvalue weighted by molar-refractivity contribution is 5.28. The molecule has 1 aromatic rings. The van der Waals surface area contributed by atoms with Crippen LogP contribution in [0.2, 0.25) is 0 Å². The van der Waals surface area contributed by atoms with Crippen LogP contribution < -0.4 is 5.73 Å². The lowest BCUT2D eigenvalue weighted by atomic mass is 10.1. The van der Waals surface area contributed by atoms with Gasteiger partial charge in [-0.15, -0.1) is 0 Å². The number of aromatic nitrogens is 2. The third kappa shape index (κ3) is 3.17.